The summed E-state index contributed by atoms with van der Waals surface area (Å²) in [6, 6.07) is 2.02. The summed E-state index contributed by atoms with van der Waals surface area (Å²) in [5.74, 6) is -0.733. The zero-order valence-corrected chi connectivity index (χ0v) is 15.6. The predicted octanol–water partition coefficient (Wildman–Crippen LogP) is 2.09. The summed E-state index contributed by atoms with van der Waals surface area (Å²) in [4.78, 5) is 38.3. The Morgan fingerprint density at radius 1 is 1.32 bits per heavy atom. The van der Waals surface area contributed by atoms with E-state index in [0.29, 0.717) is 13.1 Å². The summed E-state index contributed by atoms with van der Waals surface area (Å²) < 4.78 is 10.0. The first-order valence-electron chi connectivity index (χ1n) is 8.20. The maximum atomic E-state index is 12.1. The van der Waals surface area contributed by atoms with Gasteiger partial charge in [0.1, 0.15) is 5.60 Å². The molecule has 2 rings (SSSR count). The molecule has 0 aromatic carbocycles. The predicted molar refractivity (Wildman–Crippen MR) is 93.3 cm³/mol. The number of ether oxygens (including phenoxy) is 2. The first-order valence-corrected chi connectivity index (χ1v) is 9.08. The lowest BCUT2D eigenvalue weighted by molar-refractivity contribution is -0.152. The molecule has 2 heterocycles. The third-order valence-corrected chi connectivity index (χ3v) is 4.54. The molecule has 1 aliphatic heterocycles. The van der Waals surface area contributed by atoms with Gasteiger partial charge in [-0.3, -0.25) is 9.59 Å². The van der Waals surface area contributed by atoms with E-state index in [4.69, 9.17) is 9.47 Å². The number of esters is 1. The number of carbonyl (C=O) groups is 3. The van der Waals surface area contributed by atoms with Crippen molar-refractivity contribution in [3.63, 3.8) is 0 Å². The number of nitrogens with one attached hydrogen (secondary N) is 1. The van der Waals surface area contributed by atoms with Gasteiger partial charge >= 0.3 is 12.1 Å². The third-order valence-electron chi connectivity index (χ3n) is 3.51. The highest BCUT2D eigenvalue weighted by Gasteiger charge is 2.22. The van der Waals surface area contributed by atoms with Crippen LogP contribution in [-0.4, -0.2) is 48.2 Å². The van der Waals surface area contributed by atoms with Crippen molar-refractivity contribution in [2.75, 3.05) is 19.7 Å². The molecule has 0 saturated heterocycles. The van der Waals surface area contributed by atoms with Crippen molar-refractivity contribution >= 4 is 29.3 Å². The van der Waals surface area contributed by atoms with Crippen molar-refractivity contribution in [1.82, 2.24) is 10.2 Å². The van der Waals surface area contributed by atoms with Gasteiger partial charge in [0.2, 0.25) is 0 Å². The van der Waals surface area contributed by atoms with Crippen molar-refractivity contribution in [3.8, 4) is 0 Å². The van der Waals surface area contributed by atoms with Crippen molar-refractivity contribution in [3.05, 3.63) is 21.9 Å². The van der Waals surface area contributed by atoms with E-state index >= 15 is 0 Å². The maximum Gasteiger partial charge on any atom is 0.407 e. The topological polar surface area (TPSA) is 84.9 Å². The third kappa shape index (κ3) is 6.38. The molecule has 1 N–H and O–H groups in total. The first kappa shape index (κ1) is 19.2. The second-order valence-corrected chi connectivity index (χ2v) is 7.77. The van der Waals surface area contributed by atoms with E-state index in [9.17, 15) is 14.4 Å². The quantitative estimate of drug-likeness (QED) is 0.805. The lowest BCUT2D eigenvalue weighted by Gasteiger charge is -2.26. The van der Waals surface area contributed by atoms with E-state index in [0.717, 1.165) is 12.0 Å². The van der Waals surface area contributed by atoms with Gasteiger partial charge in [0.25, 0.3) is 5.91 Å². The molecule has 0 atom stereocenters. The van der Waals surface area contributed by atoms with Crippen LogP contribution in [0.1, 0.15) is 37.6 Å². The largest absolute Gasteiger partial charge is 0.456 e. The minimum Gasteiger partial charge on any atom is -0.456 e. The van der Waals surface area contributed by atoms with E-state index in [2.05, 4.69) is 5.32 Å². The normalized spacial score (nSPS) is 13.8. The van der Waals surface area contributed by atoms with E-state index in [1.807, 2.05) is 11.4 Å². The van der Waals surface area contributed by atoms with Crippen molar-refractivity contribution in [1.29, 1.82) is 0 Å². The summed E-state index contributed by atoms with van der Waals surface area (Å²) in [5.41, 5.74) is 0.575. The molecule has 1 aliphatic rings. The van der Waals surface area contributed by atoms with Crippen LogP contribution in [0.5, 0.6) is 0 Å². The highest BCUT2D eigenvalue weighted by molar-refractivity contribution is 7.10. The van der Waals surface area contributed by atoms with E-state index < -0.39 is 17.7 Å². The Balaban J connectivity index is 1.63. The number of alkyl carbamates (subject to hydrolysis) is 1. The van der Waals surface area contributed by atoms with Crippen molar-refractivity contribution in [2.24, 2.45) is 0 Å². The van der Waals surface area contributed by atoms with Gasteiger partial charge in [0.15, 0.2) is 6.61 Å². The number of thiophene rings is 1. The van der Waals surface area contributed by atoms with Crippen LogP contribution in [0.25, 0.3) is 0 Å². The van der Waals surface area contributed by atoms with Gasteiger partial charge in [0.05, 0.1) is 6.42 Å². The highest BCUT2D eigenvalue weighted by atomic mass is 32.1. The van der Waals surface area contributed by atoms with Crippen molar-refractivity contribution in [2.45, 2.75) is 45.8 Å². The van der Waals surface area contributed by atoms with Crippen LogP contribution in [0, 0.1) is 0 Å². The lowest BCUT2D eigenvalue weighted by atomic mass is 10.1. The molecule has 2 amide bonds. The van der Waals surface area contributed by atoms with Gasteiger partial charge in [-0.25, -0.2) is 4.79 Å². The van der Waals surface area contributed by atoms with Crippen LogP contribution in [0.4, 0.5) is 4.79 Å². The highest BCUT2D eigenvalue weighted by Crippen LogP contribution is 2.23. The number of nitrogens with zero attached hydrogens (tertiary/aromatic N) is 1. The van der Waals surface area contributed by atoms with Gasteiger partial charge < -0.3 is 19.7 Å². The summed E-state index contributed by atoms with van der Waals surface area (Å²) >= 11 is 1.70. The Bertz CT molecular complexity index is 635. The van der Waals surface area contributed by atoms with Gasteiger partial charge in [-0.2, -0.15) is 0 Å². The summed E-state index contributed by atoms with van der Waals surface area (Å²) in [6.07, 6.45) is 0.240. The van der Waals surface area contributed by atoms with Crippen LogP contribution in [0.15, 0.2) is 11.4 Å². The van der Waals surface area contributed by atoms with Crippen LogP contribution in [0.2, 0.25) is 0 Å². The lowest BCUT2D eigenvalue weighted by Crippen LogP contribution is -2.38. The summed E-state index contributed by atoms with van der Waals surface area (Å²) in [7, 11) is 0. The molecule has 0 unspecified atom stereocenters. The Hall–Kier alpha value is -2.09. The standard InChI is InChI=1S/C17H24N2O5S/c1-17(2,3)24-16(22)18-7-4-15(21)23-11-14(20)19-8-5-13-12(10-19)6-9-25-13/h6,9H,4-5,7-8,10-11H2,1-3H3,(H,18,22). The molecular weight excluding hydrogens is 344 g/mol. The fourth-order valence-electron chi connectivity index (χ4n) is 2.35. The number of carbonyl (C=O) groups excluding carboxylic acids is 3. The van der Waals surface area contributed by atoms with Crippen molar-refractivity contribution < 1.29 is 23.9 Å². The van der Waals surface area contributed by atoms with Crippen LogP contribution < -0.4 is 5.32 Å². The fraction of sp³-hybridized carbons (Fsp3) is 0.588. The molecule has 0 bridgehead atoms. The average molecular weight is 368 g/mol. The van der Waals surface area contributed by atoms with E-state index in [1.165, 1.54) is 4.88 Å². The second-order valence-electron chi connectivity index (χ2n) is 6.77. The average Bonchev–Trinajstić information content (AvgIpc) is 2.98. The number of fused-ring (bicyclic) bond motifs is 1. The molecule has 25 heavy (non-hydrogen) atoms. The zero-order chi connectivity index (χ0) is 18.4. The van der Waals surface area contributed by atoms with E-state index in [-0.39, 0.29) is 25.5 Å². The molecule has 7 nitrogen and oxygen atoms in total. The number of hydrogen-bond acceptors (Lipinski definition) is 6. The van der Waals surface area contributed by atoms with E-state index in [1.54, 1.807) is 37.0 Å². The van der Waals surface area contributed by atoms with Gasteiger partial charge in [-0.15, -0.1) is 11.3 Å². The minimum atomic E-state index is -0.590. The van der Waals surface area contributed by atoms with Crippen LogP contribution in [-0.2, 0) is 32.0 Å². The Labute approximate surface area is 151 Å². The summed E-state index contributed by atoms with van der Waals surface area (Å²) in [5, 5.41) is 4.50. The maximum absolute atomic E-state index is 12.1. The summed E-state index contributed by atoms with van der Waals surface area (Å²) in [6.45, 7) is 6.30. The molecule has 1 aromatic heterocycles. The minimum absolute atomic E-state index is 0.0127. The monoisotopic (exact) mass is 368 g/mol. The smallest absolute Gasteiger partial charge is 0.407 e. The molecular formula is C17H24N2O5S. The Morgan fingerprint density at radius 3 is 2.80 bits per heavy atom. The fourth-order valence-corrected chi connectivity index (χ4v) is 3.24. The Morgan fingerprint density at radius 2 is 2.08 bits per heavy atom. The Kier molecular flexibility index (Phi) is 6.41. The molecule has 0 saturated carbocycles. The number of hydrogen-bond donors (Lipinski definition) is 1. The molecule has 0 radical (unpaired) electrons. The zero-order valence-electron chi connectivity index (χ0n) is 14.8. The van der Waals surface area contributed by atoms with Gasteiger partial charge in [-0.05, 0) is 44.2 Å². The van der Waals surface area contributed by atoms with Crippen LogP contribution in [0.3, 0.4) is 0 Å². The molecule has 8 heteroatoms. The molecule has 138 valence electrons. The molecule has 0 spiro atoms. The second kappa shape index (κ2) is 8.33. The first-order chi connectivity index (χ1) is 11.7. The molecule has 0 fully saturated rings. The molecule has 0 aliphatic carbocycles. The number of amides is 2. The van der Waals surface area contributed by atoms with Crippen LogP contribution >= 0.6 is 11.3 Å². The van der Waals surface area contributed by atoms with Gasteiger partial charge in [-0.1, -0.05) is 0 Å². The van der Waals surface area contributed by atoms with Gasteiger partial charge in [0, 0.05) is 24.5 Å². The molecule has 1 aromatic rings. The SMILES string of the molecule is CC(C)(C)OC(=O)NCCC(=O)OCC(=O)N1CCc2sccc2C1. The number of rotatable bonds is 5.